The van der Waals surface area contributed by atoms with Gasteiger partial charge >= 0.3 is 0 Å². The van der Waals surface area contributed by atoms with Gasteiger partial charge in [0.2, 0.25) is 10.0 Å². The first-order valence-corrected chi connectivity index (χ1v) is 9.27. The molecule has 0 aliphatic rings. The molecule has 0 aliphatic carbocycles. The van der Waals surface area contributed by atoms with Crippen LogP contribution in [0.3, 0.4) is 0 Å². The number of nitrogens with one attached hydrogen (secondary N) is 2. The smallest absolute Gasteiger partial charge is 0.240 e. The Balaban J connectivity index is 1.98. The number of thiophene rings is 1. The fourth-order valence-corrected chi connectivity index (χ4v) is 3.87. The molecular formula is C14H17ClN2O2S2. The molecule has 1 heterocycles. The molecule has 21 heavy (non-hydrogen) atoms. The van der Waals surface area contributed by atoms with Crippen molar-refractivity contribution in [3.8, 4) is 0 Å². The molecule has 7 heteroatoms. The highest BCUT2D eigenvalue weighted by atomic mass is 35.5. The van der Waals surface area contributed by atoms with E-state index in [1.807, 2.05) is 19.1 Å². The summed E-state index contributed by atoms with van der Waals surface area (Å²) in [7, 11) is -3.40. The lowest BCUT2D eigenvalue weighted by molar-refractivity contribution is 0.581. The summed E-state index contributed by atoms with van der Waals surface area (Å²) in [5.41, 5.74) is 0.869. The molecule has 0 bridgehead atoms. The van der Waals surface area contributed by atoms with Gasteiger partial charge in [-0.25, -0.2) is 13.1 Å². The quantitative estimate of drug-likeness (QED) is 0.805. The molecule has 0 fully saturated rings. The SMILES string of the molecule is CCCNS(=O)(=O)c1ccc(NCc2ccc(Cl)s2)cc1. The Morgan fingerprint density at radius 2 is 1.86 bits per heavy atom. The van der Waals surface area contributed by atoms with E-state index in [0.29, 0.717) is 13.1 Å². The fourth-order valence-electron chi connectivity index (χ4n) is 1.71. The van der Waals surface area contributed by atoms with Gasteiger partial charge < -0.3 is 5.32 Å². The van der Waals surface area contributed by atoms with E-state index in [2.05, 4.69) is 10.0 Å². The Morgan fingerprint density at radius 1 is 1.14 bits per heavy atom. The van der Waals surface area contributed by atoms with Crippen molar-refractivity contribution in [2.45, 2.75) is 24.8 Å². The number of hydrogen-bond acceptors (Lipinski definition) is 4. The number of hydrogen-bond donors (Lipinski definition) is 2. The highest BCUT2D eigenvalue weighted by Gasteiger charge is 2.12. The van der Waals surface area contributed by atoms with Gasteiger partial charge in [0, 0.05) is 23.7 Å². The van der Waals surface area contributed by atoms with Crippen molar-refractivity contribution in [1.82, 2.24) is 4.72 Å². The molecule has 1 aromatic heterocycles. The van der Waals surface area contributed by atoms with Crippen molar-refractivity contribution in [3.05, 3.63) is 45.6 Å². The fraction of sp³-hybridized carbons (Fsp3) is 0.286. The van der Waals surface area contributed by atoms with Crippen molar-refractivity contribution in [2.24, 2.45) is 0 Å². The molecule has 0 saturated heterocycles. The first kappa shape index (κ1) is 16.3. The summed E-state index contributed by atoms with van der Waals surface area (Å²) in [4.78, 5) is 1.40. The predicted octanol–water partition coefficient (Wildman–Crippen LogP) is 3.70. The molecule has 2 N–H and O–H groups in total. The van der Waals surface area contributed by atoms with Gasteiger partial charge in [-0.1, -0.05) is 18.5 Å². The second-order valence-corrected chi connectivity index (χ2v) is 8.05. The Labute approximate surface area is 134 Å². The maximum atomic E-state index is 11.9. The average Bonchev–Trinajstić information content (AvgIpc) is 2.89. The molecule has 0 aliphatic heterocycles. The number of sulfonamides is 1. The van der Waals surface area contributed by atoms with Crippen molar-refractivity contribution >= 4 is 38.6 Å². The van der Waals surface area contributed by atoms with E-state index in [1.54, 1.807) is 24.3 Å². The summed E-state index contributed by atoms with van der Waals surface area (Å²) < 4.78 is 27.2. The predicted molar refractivity (Wildman–Crippen MR) is 88.6 cm³/mol. The zero-order chi connectivity index (χ0) is 15.3. The molecule has 2 rings (SSSR count). The summed E-state index contributed by atoms with van der Waals surface area (Å²) in [6.07, 6.45) is 0.766. The third-order valence-electron chi connectivity index (χ3n) is 2.80. The Hall–Kier alpha value is -1.08. The van der Waals surface area contributed by atoms with Gasteiger partial charge in [0.25, 0.3) is 0 Å². The van der Waals surface area contributed by atoms with Gasteiger partial charge in [-0.2, -0.15) is 0 Å². The van der Waals surface area contributed by atoms with E-state index in [1.165, 1.54) is 11.3 Å². The van der Waals surface area contributed by atoms with Gasteiger partial charge in [0.05, 0.1) is 9.23 Å². The van der Waals surface area contributed by atoms with Crippen molar-refractivity contribution in [1.29, 1.82) is 0 Å². The molecular weight excluding hydrogens is 328 g/mol. The average molecular weight is 345 g/mol. The van der Waals surface area contributed by atoms with E-state index < -0.39 is 10.0 Å². The molecule has 4 nitrogen and oxygen atoms in total. The van der Waals surface area contributed by atoms with Crippen LogP contribution >= 0.6 is 22.9 Å². The van der Waals surface area contributed by atoms with E-state index in [-0.39, 0.29) is 4.90 Å². The Morgan fingerprint density at radius 3 is 2.43 bits per heavy atom. The summed E-state index contributed by atoms with van der Waals surface area (Å²) >= 11 is 7.39. The van der Waals surface area contributed by atoms with Crippen LogP contribution in [0.1, 0.15) is 18.2 Å². The zero-order valence-corrected chi connectivity index (χ0v) is 14.0. The minimum atomic E-state index is -3.40. The number of rotatable bonds is 7. The van der Waals surface area contributed by atoms with E-state index in [4.69, 9.17) is 11.6 Å². The molecule has 1 aromatic carbocycles. The number of benzene rings is 1. The highest BCUT2D eigenvalue weighted by Crippen LogP contribution is 2.22. The van der Waals surface area contributed by atoms with Crippen LogP contribution in [-0.2, 0) is 16.6 Å². The standard InChI is InChI=1S/C14H17ClN2O2S2/c1-2-9-17-21(18,19)13-6-3-11(4-7-13)16-10-12-5-8-14(15)20-12/h3-8,16-17H,2,9-10H2,1H3. The molecule has 0 saturated carbocycles. The maximum absolute atomic E-state index is 11.9. The topological polar surface area (TPSA) is 58.2 Å². The van der Waals surface area contributed by atoms with E-state index in [9.17, 15) is 8.42 Å². The van der Waals surface area contributed by atoms with Gasteiger partial charge in [-0.15, -0.1) is 11.3 Å². The monoisotopic (exact) mass is 344 g/mol. The van der Waals surface area contributed by atoms with Crippen LogP contribution in [0.2, 0.25) is 4.34 Å². The van der Waals surface area contributed by atoms with Crippen molar-refractivity contribution < 1.29 is 8.42 Å². The molecule has 0 spiro atoms. The maximum Gasteiger partial charge on any atom is 0.240 e. The minimum absolute atomic E-state index is 0.278. The first-order valence-electron chi connectivity index (χ1n) is 6.59. The Bertz CT molecular complexity index is 681. The summed E-state index contributed by atoms with van der Waals surface area (Å²) in [5, 5.41) is 3.23. The van der Waals surface area contributed by atoms with Crippen LogP contribution < -0.4 is 10.0 Å². The number of halogens is 1. The summed E-state index contributed by atoms with van der Waals surface area (Å²) in [6, 6.07) is 10.5. The van der Waals surface area contributed by atoms with Gasteiger partial charge in [0.15, 0.2) is 0 Å². The minimum Gasteiger partial charge on any atom is -0.380 e. The van der Waals surface area contributed by atoms with Crippen LogP contribution in [0.5, 0.6) is 0 Å². The second-order valence-electron chi connectivity index (χ2n) is 4.48. The third kappa shape index (κ3) is 4.71. The molecule has 0 amide bonds. The van der Waals surface area contributed by atoms with E-state index >= 15 is 0 Å². The van der Waals surface area contributed by atoms with Crippen molar-refractivity contribution in [2.75, 3.05) is 11.9 Å². The third-order valence-corrected chi connectivity index (χ3v) is 5.51. The lowest BCUT2D eigenvalue weighted by atomic mass is 10.3. The highest BCUT2D eigenvalue weighted by molar-refractivity contribution is 7.89. The van der Waals surface area contributed by atoms with Crippen LogP contribution in [0.4, 0.5) is 5.69 Å². The zero-order valence-electron chi connectivity index (χ0n) is 11.6. The van der Waals surface area contributed by atoms with Crippen LogP contribution in [-0.4, -0.2) is 15.0 Å². The Kier molecular flexibility index (Phi) is 5.64. The van der Waals surface area contributed by atoms with Crippen molar-refractivity contribution in [3.63, 3.8) is 0 Å². The normalized spacial score (nSPS) is 11.5. The molecule has 0 radical (unpaired) electrons. The molecule has 0 atom stereocenters. The molecule has 114 valence electrons. The first-order chi connectivity index (χ1) is 10.0. The van der Waals surface area contributed by atoms with Gasteiger partial charge in [0.1, 0.15) is 0 Å². The lowest BCUT2D eigenvalue weighted by Gasteiger charge is -2.08. The largest absolute Gasteiger partial charge is 0.380 e. The lowest BCUT2D eigenvalue weighted by Crippen LogP contribution is -2.24. The second kappa shape index (κ2) is 7.26. The van der Waals surface area contributed by atoms with E-state index in [0.717, 1.165) is 21.3 Å². The van der Waals surface area contributed by atoms with Crippen LogP contribution in [0.15, 0.2) is 41.3 Å². The summed E-state index contributed by atoms with van der Waals surface area (Å²) in [5.74, 6) is 0. The van der Waals surface area contributed by atoms with Gasteiger partial charge in [-0.3, -0.25) is 0 Å². The van der Waals surface area contributed by atoms with Gasteiger partial charge in [-0.05, 0) is 42.8 Å². The van der Waals surface area contributed by atoms with Crippen LogP contribution in [0.25, 0.3) is 0 Å². The number of anilines is 1. The molecule has 0 unspecified atom stereocenters. The molecule has 2 aromatic rings. The van der Waals surface area contributed by atoms with Crippen LogP contribution in [0, 0.1) is 0 Å². The summed E-state index contributed by atoms with van der Waals surface area (Å²) in [6.45, 7) is 3.03.